The van der Waals surface area contributed by atoms with Gasteiger partial charge < -0.3 is 10.2 Å². The van der Waals surface area contributed by atoms with Crippen LogP contribution in [0, 0.1) is 0 Å². The molecule has 0 heterocycles. The van der Waals surface area contributed by atoms with E-state index in [-0.39, 0.29) is 0 Å². The molecule has 3 heteroatoms. The summed E-state index contributed by atoms with van der Waals surface area (Å²) in [5, 5.41) is 3.16. The zero-order valence-electron chi connectivity index (χ0n) is 14.0. The maximum atomic E-state index is 12.3. The predicted octanol–water partition coefficient (Wildman–Crippen LogP) is 3.98. The predicted molar refractivity (Wildman–Crippen MR) is 88.0 cm³/mol. The molecule has 120 valence electrons. The number of rotatable bonds is 14. The van der Waals surface area contributed by atoms with Gasteiger partial charge in [0.25, 0.3) is 0 Å². The van der Waals surface area contributed by atoms with Crippen LogP contribution in [0.5, 0.6) is 0 Å². The van der Waals surface area contributed by atoms with Crippen LogP contribution in [0.3, 0.4) is 0 Å². The summed E-state index contributed by atoms with van der Waals surface area (Å²) in [5.74, 6) is 0.369. The topological polar surface area (TPSA) is 32.3 Å². The van der Waals surface area contributed by atoms with E-state index in [2.05, 4.69) is 24.1 Å². The number of nitrogens with zero attached hydrogens (tertiary/aromatic N) is 1. The third-order valence-corrected chi connectivity index (χ3v) is 3.73. The molecule has 20 heavy (non-hydrogen) atoms. The summed E-state index contributed by atoms with van der Waals surface area (Å²) in [7, 11) is 1.97. The number of carbonyl (C=O) groups is 1. The molecule has 3 nitrogen and oxygen atoms in total. The minimum absolute atomic E-state index is 0.369. The highest BCUT2D eigenvalue weighted by molar-refractivity contribution is 5.76. The molecular weight excluding hydrogens is 248 g/mol. The molecule has 0 saturated heterocycles. The van der Waals surface area contributed by atoms with Gasteiger partial charge in [0.15, 0.2) is 0 Å². The van der Waals surface area contributed by atoms with E-state index in [1.54, 1.807) is 0 Å². The van der Waals surface area contributed by atoms with Gasteiger partial charge in [-0.2, -0.15) is 0 Å². The molecule has 0 aromatic rings. The number of unbranched alkanes of at least 4 members (excludes halogenated alkanes) is 6. The molecule has 1 N–H and O–H groups in total. The lowest BCUT2D eigenvalue weighted by molar-refractivity contribution is -0.131. The lowest BCUT2D eigenvalue weighted by Gasteiger charge is -2.23. The van der Waals surface area contributed by atoms with Gasteiger partial charge in [0.1, 0.15) is 0 Å². The number of amides is 1. The number of nitrogens with one attached hydrogen (secondary N) is 1. The fourth-order valence-corrected chi connectivity index (χ4v) is 2.40. The zero-order chi connectivity index (χ0) is 15.1. The minimum Gasteiger partial charge on any atom is -0.343 e. The second-order valence-corrected chi connectivity index (χ2v) is 5.71. The molecule has 0 radical (unpaired) electrons. The molecule has 0 aliphatic rings. The van der Waals surface area contributed by atoms with E-state index in [4.69, 9.17) is 0 Å². The molecule has 0 unspecified atom stereocenters. The molecule has 0 rings (SSSR count). The third-order valence-electron chi connectivity index (χ3n) is 3.73. The van der Waals surface area contributed by atoms with E-state index in [1.807, 2.05) is 7.05 Å². The highest BCUT2D eigenvalue weighted by atomic mass is 16.2. The fraction of sp³-hybridized carbons (Fsp3) is 0.941. The molecule has 0 atom stereocenters. The Morgan fingerprint density at radius 1 is 0.850 bits per heavy atom. The van der Waals surface area contributed by atoms with Crippen molar-refractivity contribution in [2.75, 3.05) is 26.7 Å². The average Bonchev–Trinajstić information content (AvgIpc) is 2.46. The Morgan fingerprint density at radius 3 is 2.05 bits per heavy atom. The summed E-state index contributed by atoms with van der Waals surface area (Å²) in [6.07, 6.45) is 11.5. The van der Waals surface area contributed by atoms with Crippen molar-refractivity contribution in [1.29, 1.82) is 0 Å². The number of hydrogen-bond donors (Lipinski definition) is 1. The standard InChI is InChI=1S/C17H36N2O/c1-4-6-8-10-13-17(20)19(16-12-14-18-3)15-11-9-7-5-2/h18H,4-16H2,1-3H3. The molecule has 1 amide bonds. The van der Waals surface area contributed by atoms with Crippen LogP contribution in [0.4, 0.5) is 0 Å². The smallest absolute Gasteiger partial charge is 0.222 e. The molecule has 0 spiro atoms. The van der Waals surface area contributed by atoms with E-state index in [0.717, 1.165) is 45.3 Å². The molecule has 0 fully saturated rings. The van der Waals surface area contributed by atoms with Gasteiger partial charge in [0.05, 0.1) is 0 Å². The van der Waals surface area contributed by atoms with Crippen LogP contribution >= 0.6 is 0 Å². The van der Waals surface area contributed by atoms with Crippen LogP contribution in [-0.2, 0) is 4.79 Å². The van der Waals surface area contributed by atoms with Crippen molar-refractivity contribution in [2.45, 2.75) is 78.1 Å². The van der Waals surface area contributed by atoms with Crippen LogP contribution < -0.4 is 5.32 Å². The van der Waals surface area contributed by atoms with Gasteiger partial charge in [-0.3, -0.25) is 4.79 Å². The molecule has 0 saturated carbocycles. The first-order chi connectivity index (χ1) is 9.76. The fourth-order valence-electron chi connectivity index (χ4n) is 2.40. The van der Waals surface area contributed by atoms with Crippen LogP contribution in [0.25, 0.3) is 0 Å². The Bertz CT molecular complexity index is 219. The van der Waals surface area contributed by atoms with E-state index in [9.17, 15) is 4.79 Å². The second kappa shape index (κ2) is 14.8. The minimum atomic E-state index is 0.369. The molecule has 0 aliphatic carbocycles. The summed E-state index contributed by atoms with van der Waals surface area (Å²) in [6, 6.07) is 0. The Hall–Kier alpha value is -0.570. The first kappa shape index (κ1) is 19.4. The monoisotopic (exact) mass is 284 g/mol. The van der Waals surface area contributed by atoms with Crippen molar-refractivity contribution < 1.29 is 4.79 Å². The lowest BCUT2D eigenvalue weighted by Crippen LogP contribution is -2.34. The summed E-state index contributed by atoms with van der Waals surface area (Å²) in [4.78, 5) is 14.4. The Morgan fingerprint density at radius 2 is 1.45 bits per heavy atom. The highest BCUT2D eigenvalue weighted by Gasteiger charge is 2.12. The van der Waals surface area contributed by atoms with Crippen molar-refractivity contribution in [3.8, 4) is 0 Å². The highest BCUT2D eigenvalue weighted by Crippen LogP contribution is 2.08. The van der Waals surface area contributed by atoms with Gasteiger partial charge in [-0.15, -0.1) is 0 Å². The number of hydrogen-bond acceptors (Lipinski definition) is 2. The first-order valence-electron chi connectivity index (χ1n) is 8.68. The van der Waals surface area contributed by atoms with Gasteiger partial charge >= 0.3 is 0 Å². The van der Waals surface area contributed by atoms with Crippen molar-refractivity contribution in [2.24, 2.45) is 0 Å². The van der Waals surface area contributed by atoms with Crippen molar-refractivity contribution in [3.05, 3.63) is 0 Å². The van der Waals surface area contributed by atoms with Gasteiger partial charge in [-0.25, -0.2) is 0 Å². The van der Waals surface area contributed by atoms with Crippen molar-refractivity contribution in [1.82, 2.24) is 10.2 Å². The molecular formula is C17H36N2O. The maximum absolute atomic E-state index is 12.3. The van der Waals surface area contributed by atoms with Crippen LogP contribution in [0.1, 0.15) is 78.1 Å². The van der Waals surface area contributed by atoms with E-state index in [1.165, 1.54) is 38.5 Å². The average molecular weight is 284 g/mol. The summed E-state index contributed by atoms with van der Waals surface area (Å²) >= 11 is 0. The van der Waals surface area contributed by atoms with Crippen LogP contribution in [0.15, 0.2) is 0 Å². The largest absolute Gasteiger partial charge is 0.343 e. The second-order valence-electron chi connectivity index (χ2n) is 5.71. The SMILES string of the molecule is CCCCCCC(=O)N(CCCCCC)CCCNC. The Labute approximate surface area is 126 Å². The maximum Gasteiger partial charge on any atom is 0.222 e. The molecule has 0 aromatic carbocycles. The lowest BCUT2D eigenvalue weighted by atomic mass is 10.1. The first-order valence-corrected chi connectivity index (χ1v) is 8.68. The van der Waals surface area contributed by atoms with E-state index >= 15 is 0 Å². The summed E-state index contributed by atoms with van der Waals surface area (Å²) in [6.45, 7) is 7.30. The van der Waals surface area contributed by atoms with Crippen molar-refractivity contribution in [3.63, 3.8) is 0 Å². The van der Waals surface area contributed by atoms with E-state index < -0.39 is 0 Å². The number of carbonyl (C=O) groups excluding carboxylic acids is 1. The molecule has 0 aromatic heterocycles. The Balaban J connectivity index is 3.95. The van der Waals surface area contributed by atoms with Gasteiger partial charge in [-0.1, -0.05) is 52.4 Å². The zero-order valence-corrected chi connectivity index (χ0v) is 14.0. The summed E-state index contributed by atoms with van der Waals surface area (Å²) in [5.41, 5.74) is 0. The van der Waals surface area contributed by atoms with Gasteiger partial charge in [0.2, 0.25) is 5.91 Å². The van der Waals surface area contributed by atoms with Gasteiger partial charge in [-0.05, 0) is 32.9 Å². The summed E-state index contributed by atoms with van der Waals surface area (Å²) < 4.78 is 0. The van der Waals surface area contributed by atoms with E-state index in [0.29, 0.717) is 5.91 Å². The van der Waals surface area contributed by atoms with Gasteiger partial charge in [0, 0.05) is 19.5 Å². The van der Waals surface area contributed by atoms with Crippen LogP contribution in [-0.4, -0.2) is 37.5 Å². The third kappa shape index (κ3) is 11.3. The molecule has 0 aliphatic heterocycles. The Kier molecular flexibility index (Phi) is 14.4. The normalized spacial score (nSPS) is 10.8. The quantitative estimate of drug-likeness (QED) is 0.489. The van der Waals surface area contributed by atoms with Crippen LogP contribution in [0.2, 0.25) is 0 Å². The van der Waals surface area contributed by atoms with Crippen molar-refractivity contribution >= 4 is 5.91 Å². The molecule has 0 bridgehead atoms.